The van der Waals surface area contributed by atoms with E-state index in [1.165, 1.54) is 4.57 Å². The number of Topliss-reactive ketones (excluding diaryl/α,β-unsaturated/α-hetero) is 1. The molecule has 0 aliphatic carbocycles. The maximum absolute atomic E-state index is 11.6. The van der Waals surface area contributed by atoms with Crippen molar-refractivity contribution < 1.29 is 4.79 Å². The average molecular weight is 287 g/mol. The molecule has 1 aromatic rings. The van der Waals surface area contributed by atoms with Crippen molar-refractivity contribution in [2.75, 3.05) is 0 Å². The Morgan fingerprint density at radius 3 is 2.50 bits per heavy atom. The van der Waals surface area contributed by atoms with Crippen LogP contribution in [0.5, 0.6) is 0 Å². The predicted octanol–water partition coefficient (Wildman–Crippen LogP) is 1.85. The maximum atomic E-state index is 11.6. The van der Waals surface area contributed by atoms with E-state index in [4.69, 9.17) is 0 Å². The highest BCUT2D eigenvalue weighted by molar-refractivity contribution is 9.10. The molecule has 0 unspecified atom stereocenters. The molecular formula is C11H15BrN2O2. The Bertz CT molecular complexity index is 478. The minimum atomic E-state index is -0.368. The summed E-state index contributed by atoms with van der Waals surface area (Å²) in [5, 5.41) is 0. The van der Waals surface area contributed by atoms with Gasteiger partial charge in [-0.3, -0.25) is 9.36 Å². The van der Waals surface area contributed by atoms with Crippen molar-refractivity contribution in [1.82, 2.24) is 9.55 Å². The number of ketones is 1. The Balaban J connectivity index is 3.20. The fourth-order valence-electron chi connectivity index (χ4n) is 1.30. The van der Waals surface area contributed by atoms with Crippen LogP contribution in [0.3, 0.4) is 0 Å². The van der Waals surface area contributed by atoms with E-state index in [1.807, 2.05) is 13.8 Å². The summed E-state index contributed by atoms with van der Waals surface area (Å²) in [6.45, 7) is 7.29. The molecule has 0 saturated heterocycles. The number of aryl methyl sites for hydroxylation is 1. The SMILES string of the molecule is Cc1nc(=O)n(CC(=O)C(C)C)c(C)c1Br. The topological polar surface area (TPSA) is 52.0 Å². The minimum Gasteiger partial charge on any atom is -0.297 e. The molecule has 0 N–H and O–H groups in total. The lowest BCUT2D eigenvalue weighted by Gasteiger charge is -2.12. The van der Waals surface area contributed by atoms with E-state index in [0.717, 1.165) is 10.2 Å². The lowest BCUT2D eigenvalue weighted by Crippen LogP contribution is -2.30. The molecule has 1 rings (SSSR count). The van der Waals surface area contributed by atoms with E-state index in [2.05, 4.69) is 20.9 Å². The summed E-state index contributed by atoms with van der Waals surface area (Å²) in [5.74, 6) is -0.0471. The number of carbonyl (C=O) groups excluding carboxylic acids is 1. The number of rotatable bonds is 3. The zero-order chi connectivity index (χ0) is 12.5. The second-order valence-electron chi connectivity index (χ2n) is 4.09. The van der Waals surface area contributed by atoms with Crippen LogP contribution in [0.25, 0.3) is 0 Å². The van der Waals surface area contributed by atoms with Crippen LogP contribution in [0.2, 0.25) is 0 Å². The first-order chi connectivity index (χ1) is 7.34. The van der Waals surface area contributed by atoms with Crippen LogP contribution in [0.4, 0.5) is 0 Å². The molecule has 4 nitrogen and oxygen atoms in total. The van der Waals surface area contributed by atoms with Crippen molar-refractivity contribution in [3.8, 4) is 0 Å². The van der Waals surface area contributed by atoms with Gasteiger partial charge in [-0.1, -0.05) is 13.8 Å². The second kappa shape index (κ2) is 4.91. The molecule has 0 atom stereocenters. The summed E-state index contributed by atoms with van der Waals surface area (Å²) >= 11 is 3.36. The fraction of sp³-hybridized carbons (Fsp3) is 0.545. The number of halogens is 1. The van der Waals surface area contributed by atoms with Crippen molar-refractivity contribution in [2.45, 2.75) is 34.2 Å². The lowest BCUT2D eigenvalue weighted by molar-refractivity contribution is -0.122. The quantitative estimate of drug-likeness (QED) is 0.852. The first kappa shape index (κ1) is 13.1. The summed E-state index contributed by atoms with van der Waals surface area (Å²) in [6.07, 6.45) is 0. The normalized spacial score (nSPS) is 10.9. The Hall–Kier alpha value is -0.970. The molecule has 0 aromatic carbocycles. The molecule has 0 saturated carbocycles. The summed E-state index contributed by atoms with van der Waals surface area (Å²) < 4.78 is 2.18. The van der Waals surface area contributed by atoms with Crippen LogP contribution in [-0.2, 0) is 11.3 Å². The molecular weight excluding hydrogens is 272 g/mol. The van der Waals surface area contributed by atoms with Gasteiger partial charge < -0.3 is 0 Å². The molecule has 0 bridgehead atoms. The van der Waals surface area contributed by atoms with Crippen molar-refractivity contribution in [3.63, 3.8) is 0 Å². The van der Waals surface area contributed by atoms with Gasteiger partial charge in [-0.15, -0.1) is 0 Å². The van der Waals surface area contributed by atoms with Crippen LogP contribution >= 0.6 is 15.9 Å². The molecule has 0 amide bonds. The standard InChI is InChI=1S/C11H15BrN2O2/c1-6(2)9(15)5-14-8(4)10(12)7(3)13-11(14)16/h6H,5H2,1-4H3. The van der Waals surface area contributed by atoms with Crippen molar-refractivity contribution >= 4 is 21.7 Å². The van der Waals surface area contributed by atoms with E-state index in [1.54, 1.807) is 13.8 Å². The number of nitrogens with zero attached hydrogens (tertiary/aromatic N) is 2. The molecule has 0 radical (unpaired) electrons. The van der Waals surface area contributed by atoms with Gasteiger partial charge in [-0.2, -0.15) is 4.98 Å². The Kier molecular flexibility index (Phi) is 4.02. The second-order valence-corrected chi connectivity index (χ2v) is 4.88. The van der Waals surface area contributed by atoms with Crippen molar-refractivity contribution in [3.05, 3.63) is 26.3 Å². The summed E-state index contributed by atoms with van der Waals surface area (Å²) in [6, 6.07) is 0. The first-order valence-electron chi connectivity index (χ1n) is 5.10. The van der Waals surface area contributed by atoms with Gasteiger partial charge in [0.15, 0.2) is 5.78 Å². The van der Waals surface area contributed by atoms with Crippen molar-refractivity contribution in [2.24, 2.45) is 5.92 Å². The molecule has 0 fully saturated rings. The summed E-state index contributed by atoms with van der Waals surface area (Å²) in [4.78, 5) is 27.1. The lowest BCUT2D eigenvalue weighted by atomic mass is 10.1. The van der Waals surface area contributed by atoms with Crippen LogP contribution in [-0.4, -0.2) is 15.3 Å². The molecule has 88 valence electrons. The van der Waals surface area contributed by atoms with Gasteiger partial charge in [0.1, 0.15) is 0 Å². The minimum absolute atomic E-state index is 0.0303. The van der Waals surface area contributed by atoms with Gasteiger partial charge in [-0.25, -0.2) is 4.79 Å². The van der Waals surface area contributed by atoms with Crippen LogP contribution in [0.15, 0.2) is 9.27 Å². The molecule has 1 heterocycles. The molecule has 0 aliphatic heterocycles. The summed E-state index contributed by atoms with van der Waals surface area (Å²) in [5.41, 5.74) is 1.02. The fourth-order valence-corrected chi connectivity index (χ4v) is 1.60. The van der Waals surface area contributed by atoms with Gasteiger partial charge >= 0.3 is 5.69 Å². The highest BCUT2D eigenvalue weighted by atomic mass is 79.9. The molecule has 1 aromatic heterocycles. The van der Waals surface area contributed by atoms with E-state index in [9.17, 15) is 9.59 Å². The third-order valence-corrected chi connectivity index (χ3v) is 3.64. The monoisotopic (exact) mass is 286 g/mol. The number of aromatic nitrogens is 2. The van der Waals surface area contributed by atoms with Crippen molar-refractivity contribution in [1.29, 1.82) is 0 Å². The number of carbonyl (C=O) groups is 1. The Morgan fingerprint density at radius 1 is 1.44 bits per heavy atom. The van der Waals surface area contributed by atoms with Crippen LogP contribution in [0, 0.1) is 19.8 Å². The van der Waals surface area contributed by atoms with Gasteiger partial charge in [0, 0.05) is 11.6 Å². The zero-order valence-electron chi connectivity index (χ0n) is 9.87. The Labute approximate surface area is 103 Å². The van der Waals surface area contributed by atoms with Gasteiger partial charge in [0.2, 0.25) is 0 Å². The van der Waals surface area contributed by atoms with Crippen LogP contribution < -0.4 is 5.69 Å². The highest BCUT2D eigenvalue weighted by Crippen LogP contribution is 2.16. The van der Waals surface area contributed by atoms with E-state index >= 15 is 0 Å². The smallest absolute Gasteiger partial charge is 0.297 e. The molecule has 5 heteroatoms. The zero-order valence-corrected chi connectivity index (χ0v) is 11.5. The van der Waals surface area contributed by atoms with Gasteiger partial charge in [-0.05, 0) is 29.8 Å². The molecule has 0 aliphatic rings. The first-order valence-corrected chi connectivity index (χ1v) is 5.90. The van der Waals surface area contributed by atoms with E-state index in [-0.39, 0.29) is 23.9 Å². The summed E-state index contributed by atoms with van der Waals surface area (Å²) in [7, 11) is 0. The van der Waals surface area contributed by atoms with Crippen LogP contribution in [0.1, 0.15) is 25.2 Å². The number of hydrogen-bond donors (Lipinski definition) is 0. The van der Waals surface area contributed by atoms with Gasteiger partial charge in [0.05, 0.1) is 16.7 Å². The third-order valence-electron chi connectivity index (χ3n) is 2.49. The molecule has 16 heavy (non-hydrogen) atoms. The maximum Gasteiger partial charge on any atom is 0.348 e. The van der Waals surface area contributed by atoms with Gasteiger partial charge in [0.25, 0.3) is 0 Å². The Morgan fingerprint density at radius 2 is 2.00 bits per heavy atom. The predicted molar refractivity (Wildman–Crippen MR) is 65.5 cm³/mol. The third kappa shape index (κ3) is 2.58. The van der Waals surface area contributed by atoms with E-state index in [0.29, 0.717) is 5.69 Å². The molecule has 0 spiro atoms. The van der Waals surface area contributed by atoms with E-state index < -0.39 is 0 Å². The average Bonchev–Trinajstić information content (AvgIpc) is 2.20. The largest absolute Gasteiger partial charge is 0.348 e. The highest BCUT2D eigenvalue weighted by Gasteiger charge is 2.14. The number of hydrogen-bond acceptors (Lipinski definition) is 3.